The molecule has 1 amide bonds. The number of benzene rings is 2. The van der Waals surface area contributed by atoms with Gasteiger partial charge in [-0.1, -0.05) is 42.5 Å². The summed E-state index contributed by atoms with van der Waals surface area (Å²) < 4.78 is 1.01. The quantitative estimate of drug-likeness (QED) is 0.714. The smallest absolute Gasteiger partial charge is 0.255 e. The van der Waals surface area contributed by atoms with Crippen LogP contribution < -0.4 is 0 Å². The lowest BCUT2D eigenvalue weighted by atomic mass is 10.0. The lowest BCUT2D eigenvalue weighted by Crippen LogP contribution is -2.49. The number of nitrogens with zero attached hydrogens (tertiary/aromatic N) is 2. The minimum absolute atomic E-state index is 0.114. The number of piperazine rings is 1. The Labute approximate surface area is 145 Å². The summed E-state index contributed by atoms with van der Waals surface area (Å²) in [7, 11) is 2.12. The topological polar surface area (TPSA) is 23.6 Å². The first-order chi connectivity index (χ1) is 10.7. The van der Waals surface area contributed by atoms with Gasteiger partial charge in [0.1, 0.15) is 0 Å². The van der Waals surface area contributed by atoms with Crippen LogP contribution in [0, 0.1) is 3.57 Å². The molecule has 1 saturated heterocycles. The van der Waals surface area contributed by atoms with E-state index in [1.165, 1.54) is 5.56 Å². The van der Waals surface area contributed by atoms with Crippen molar-refractivity contribution >= 4 is 28.5 Å². The van der Waals surface area contributed by atoms with Crippen molar-refractivity contribution in [2.75, 3.05) is 26.7 Å². The first kappa shape index (κ1) is 15.5. The molecular formula is C18H19IN2O. The van der Waals surface area contributed by atoms with Crippen LogP contribution >= 0.6 is 22.6 Å². The lowest BCUT2D eigenvalue weighted by molar-refractivity contribution is 0.0497. The van der Waals surface area contributed by atoms with E-state index in [2.05, 4.69) is 46.7 Å². The molecule has 4 heteroatoms. The standard InChI is InChI=1S/C18H19IN2O/c1-20-11-12-21(17(13-20)14-7-3-2-4-8-14)18(22)15-9-5-6-10-16(15)19/h2-10,17H,11-13H2,1H3. The van der Waals surface area contributed by atoms with E-state index < -0.39 is 0 Å². The van der Waals surface area contributed by atoms with Gasteiger partial charge in [-0.2, -0.15) is 0 Å². The second-order valence-corrected chi connectivity index (χ2v) is 6.83. The molecule has 114 valence electrons. The Hall–Kier alpha value is -1.40. The maximum Gasteiger partial charge on any atom is 0.255 e. The molecule has 1 unspecified atom stereocenters. The third-order valence-electron chi connectivity index (χ3n) is 4.13. The first-order valence-corrected chi connectivity index (χ1v) is 8.53. The SMILES string of the molecule is CN1CCN(C(=O)c2ccccc2I)C(c2ccccc2)C1. The molecule has 3 nitrogen and oxygen atoms in total. The first-order valence-electron chi connectivity index (χ1n) is 7.46. The van der Waals surface area contributed by atoms with Gasteiger partial charge in [-0.25, -0.2) is 0 Å². The molecule has 3 rings (SSSR count). The van der Waals surface area contributed by atoms with Gasteiger partial charge in [0.25, 0.3) is 5.91 Å². The van der Waals surface area contributed by atoms with Gasteiger partial charge in [-0.05, 0) is 47.3 Å². The van der Waals surface area contributed by atoms with Crippen molar-refractivity contribution in [2.24, 2.45) is 0 Å². The predicted molar refractivity (Wildman–Crippen MR) is 96.9 cm³/mol. The minimum atomic E-state index is 0.114. The third-order valence-corrected chi connectivity index (χ3v) is 5.07. The molecule has 1 aliphatic heterocycles. The predicted octanol–water partition coefficient (Wildman–Crippen LogP) is 3.42. The molecule has 2 aromatic rings. The molecule has 0 saturated carbocycles. The Morgan fingerprint density at radius 2 is 1.73 bits per heavy atom. The molecule has 0 N–H and O–H groups in total. The average Bonchev–Trinajstić information content (AvgIpc) is 2.55. The van der Waals surface area contributed by atoms with Gasteiger partial charge in [0.15, 0.2) is 0 Å². The zero-order valence-electron chi connectivity index (χ0n) is 12.6. The second kappa shape index (κ2) is 6.79. The Morgan fingerprint density at radius 3 is 2.45 bits per heavy atom. The fourth-order valence-electron chi connectivity index (χ4n) is 2.91. The summed E-state index contributed by atoms with van der Waals surface area (Å²) in [6.07, 6.45) is 0. The molecule has 1 fully saturated rings. The van der Waals surface area contributed by atoms with Gasteiger partial charge in [0.2, 0.25) is 0 Å². The van der Waals surface area contributed by atoms with E-state index in [0.29, 0.717) is 0 Å². The van der Waals surface area contributed by atoms with Gasteiger partial charge < -0.3 is 9.80 Å². The molecule has 0 spiro atoms. The molecule has 2 aromatic carbocycles. The summed E-state index contributed by atoms with van der Waals surface area (Å²) >= 11 is 2.24. The van der Waals surface area contributed by atoms with Crippen molar-refractivity contribution in [1.82, 2.24) is 9.80 Å². The van der Waals surface area contributed by atoms with E-state index >= 15 is 0 Å². The van der Waals surface area contributed by atoms with Crippen molar-refractivity contribution in [1.29, 1.82) is 0 Å². The largest absolute Gasteiger partial charge is 0.329 e. The summed E-state index contributed by atoms with van der Waals surface area (Å²) in [6, 6.07) is 18.2. The summed E-state index contributed by atoms with van der Waals surface area (Å²) in [5.41, 5.74) is 2.00. The van der Waals surface area contributed by atoms with Crippen LogP contribution in [-0.2, 0) is 0 Å². The van der Waals surface area contributed by atoms with Crippen LogP contribution in [0.2, 0.25) is 0 Å². The number of rotatable bonds is 2. The van der Waals surface area contributed by atoms with E-state index in [-0.39, 0.29) is 11.9 Å². The number of hydrogen-bond donors (Lipinski definition) is 0. The minimum Gasteiger partial charge on any atom is -0.329 e. The van der Waals surface area contributed by atoms with Crippen LogP contribution in [-0.4, -0.2) is 42.4 Å². The summed E-state index contributed by atoms with van der Waals surface area (Å²) in [5.74, 6) is 0.131. The van der Waals surface area contributed by atoms with Crippen LogP contribution in [0.3, 0.4) is 0 Å². The van der Waals surface area contributed by atoms with Crippen molar-refractivity contribution in [3.8, 4) is 0 Å². The van der Waals surface area contributed by atoms with Gasteiger partial charge in [0.05, 0.1) is 11.6 Å². The fraction of sp³-hybridized carbons (Fsp3) is 0.278. The van der Waals surface area contributed by atoms with E-state index in [1.54, 1.807) is 0 Å². The Morgan fingerprint density at radius 1 is 1.05 bits per heavy atom. The van der Waals surface area contributed by atoms with Crippen molar-refractivity contribution in [3.63, 3.8) is 0 Å². The van der Waals surface area contributed by atoms with E-state index in [0.717, 1.165) is 28.8 Å². The number of amides is 1. The molecule has 1 heterocycles. The maximum absolute atomic E-state index is 13.0. The monoisotopic (exact) mass is 406 g/mol. The Bertz CT molecular complexity index is 659. The normalized spacial score (nSPS) is 19.2. The van der Waals surface area contributed by atoms with Crippen LogP contribution in [0.5, 0.6) is 0 Å². The number of carbonyl (C=O) groups excluding carboxylic acids is 1. The van der Waals surface area contributed by atoms with Crippen molar-refractivity contribution in [2.45, 2.75) is 6.04 Å². The molecule has 0 aromatic heterocycles. The molecule has 0 radical (unpaired) electrons. The van der Waals surface area contributed by atoms with E-state index in [4.69, 9.17) is 0 Å². The zero-order valence-corrected chi connectivity index (χ0v) is 14.7. The highest BCUT2D eigenvalue weighted by Gasteiger charge is 2.31. The van der Waals surface area contributed by atoms with Crippen LogP contribution in [0.15, 0.2) is 54.6 Å². The van der Waals surface area contributed by atoms with Gasteiger partial charge in [-0.15, -0.1) is 0 Å². The molecular weight excluding hydrogens is 387 g/mol. The summed E-state index contributed by atoms with van der Waals surface area (Å²) in [5, 5.41) is 0. The molecule has 1 atom stereocenters. The highest BCUT2D eigenvalue weighted by atomic mass is 127. The fourth-order valence-corrected chi connectivity index (χ4v) is 3.53. The summed E-state index contributed by atoms with van der Waals surface area (Å²) in [4.78, 5) is 17.3. The number of likely N-dealkylation sites (N-methyl/N-ethyl adjacent to an activating group) is 1. The van der Waals surface area contributed by atoms with Crippen LogP contribution in [0.1, 0.15) is 22.0 Å². The number of halogens is 1. The van der Waals surface area contributed by atoms with E-state index in [9.17, 15) is 4.79 Å². The second-order valence-electron chi connectivity index (χ2n) is 5.67. The maximum atomic E-state index is 13.0. The van der Waals surface area contributed by atoms with Crippen LogP contribution in [0.4, 0.5) is 0 Å². The van der Waals surface area contributed by atoms with Gasteiger partial charge in [-0.3, -0.25) is 4.79 Å². The highest BCUT2D eigenvalue weighted by Crippen LogP contribution is 2.27. The number of carbonyl (C=O) groups is 1. The third kappa shape index (κ3) is 3.17. The van der Waals surface area contributed by atoms with Crippen molar-refractivity contribution < 1.29 is 4.79 Å². The Kier molecular flexibility index (Phi) is 4.78. The van der Waals surface area contributed by atoms with Gasteiger partial charge in [0, 0.05) is 23.2 Å². The van der Waals surface area contributed by atoms with E-state index in [1.807, 2.05) is 47.4 Å². The molecule has 0 bridgehead atoms. The lowest BCUT2D eigenvalue weighted by Gasteiger charge is -2.40. The average molecular weight is 406 g/mol. The molecule has 22 heavy (non-hydrogen) atoms. The number of hydrogen-bond acceptors (Lipinski definition) is 2. The molecule has 0 aliphatic carbocycles. The summed E-state index contributed by atoms with van der Waals surface area (Å²) in [6.45, 7) is 2.55. The Balaban J connectivity index is 1.93. The van der Waals surface area contributed by atoms with Gasteiger partial charge >= 0.3 is 0 Å². The van der Waals surface area contributed by atoms with Crippen LogP contribution in [0.25, 0.3) is 0 Å². The highest BCUT2D eigenvalue weighted by molar-refractivity contribution is 14.1. The molecule has 1 aliphatic rings. The zero-order chi connectivity index (χ0) is 15.5. The van der Waals surface area contributed by atoms with Crippen molar-refractivity contribution in [3.05, 3.63) is 69.3 Å².